The monoisotopic (exact) mass is 424 g/mol. The molecule has 0 saturated heterocycles. The van der Waals surface area contributed by atoms with E-state index in [1.807, 2.05) is 12.4 Å². The topological polar surface area (TPSA) is 57.6 Å². The van der Waals surface area contributed by atoms with E-state index >= 15 is 0 Å². The molecule has 162 valence electrons. The van der Waals surface area contributed by atoms with Gasteiger partial charge in [0, 0.05) is 42.7 Å². The van der Waals surface area contributed by atoms with Crippen molar-refractivity contribution in [3.05, 3.63) is 88.7 Å². The standard InChI is InChI=1S/C27H28N4O/c1-31(2)17-18-11-23(16-28-15-18)22-8-7-19-9-10-29-26(25(19)14-22)27(32)30-24-12-20-5-3-4-6-21(20)13-24/h3-8,11,14-16,24H,9-10,12-13,17H2,1-2H3,(H,30,32). The van der Waals surface area contributed by atoms with Crippen LogP contribution in [0.1, 0.15) is 27.8 Å². The second-order valence-electron chi connectivity index (χ2n) is 9.02. The van der Waals surface area contributed by atoms with E-state index in [2.05, 4.69) is 82.8 Å². The van der Waals surface area contributed by atoms with Crippen LogP contribution >= 0.6 is 0 Å². The lowest BCUT2D eigenvalue weighted by atomic mass is 9.92. The molecule has 0 unspecified atom stereocenters. The number of carbonyl (C=O) groups is 1. The first-order valence-electron chi connectivity index (χ1n) is 11.2. The van der Waals surface area contributed by atoms with Crippen LogP contribution in [0.25, 0.3) is 11.1 Å². The molecule has 1 N–H and O–H groups in total. The van der Waals surface area contributed by atoms with Crippen molar-refractivity contribution in [1.29, 1.82) is 0 Å². The Kier molecular flexibility index (Phi) is 5.58. The summed E-state index contributed by atoms with van der Waals surface area (Å²) < 4.78 is 0. The van der Waals surface area contributed by atoms with Gasteiger partial charge in [-0.2, -0.15) is 0 Å². The molecule has 5 rings (SSSR count). The molecule has 0 spiro atoms. The van der Waals surface area contributed by atoms with Crippen LogP contribution in [-0.2, 0) is 30.6 Å². The molecule has 5 nitrogen and oxygen atoms in total. The summed E-state index contributed by atoms with van der Waals surface area (Å²) >= 11 is 0. The highest BCUT2D eigenvalue weighted by Crippen LogP contribution is 2.27. The Hall–Kier alpha value is -3.31. The van der Waals surface area contributed by atoms with Gasteiger partial charge in [-0.15, -0.1) is 0 Å². The van der Waals surface area contributed by atoms with Crippen LogP contribution < -0.4 is 5.32 Å². The first kappa shape index (κ1) is 20.6. The molecule has 2 aromatic carbocycles. The smallest absolute Gasteiger partial charge is 0.270 e. The SMILES string of the molecule is CN(C)Cc1cncc(-c2ccc3c(c2)C(C(=O)NC2Cc4ccccc4C2)=NCC3)c1. The zero-order valence-electron chi connectivity index (χ0n) is 18.6. The third-order valence-corrected chi connectivity index (χ3v) is 6.24. The zero-order valence-corrected chi connectivity index (χ0v) is 18.6. The van der Waals surface area contributed by atoms with Crippen molar-refractivity contribution < 1.29 is 4.79 Å². The molecule has 5 heteroatoms. The van der Waals surface area contributed by atoms with Crippen LogP contribution in [0.3, 0.4) is 0 Å². The largest absolute Gasteiger partial charge is 0.347 e. The summed E-state index contributed by atoms with van der Waals surface area (Å²) in [6.07, 6.45) is 6.41. The lowest BCUT2D eigenvalue weighted by molar-refractivity contribution is -0.115. The molecule has 1 aliphatic carbocycles. The van der Waals surface area contributed by atoms with Crippen LogP contribution in [0.2, 0.25) is 0 Å². The molecule has 2 aliphatic rings. The highest BCUT2D eigenvalue weighted by Gasteiger charge is 2.27. The molecule has 1 aliphatic heterocycles. The quantitative estimate of drug-likeness (QED) is 0.683. The Morgan fingerprint density at radius 2 is 1.78 bits per heavy atom. The molecular formula is C27H28N4O. The molecule has 0 bridgehead atoms. The zero-order chi connectivity index (χ0) is 22.1. The molecule has 0 fully saturated rings. The van der Waals surface area contributed by atoms with Gasteiger partial charge < -0.3 is 10.2 Å². The van der Waals surface area contributed by atoms with Crippen LogP contribution in [0.4, 0.5) is 0 Å². The molecule has 0 atom stereocenters. The van der Waals surface area contributed by atoms with Gasteiger partial charge in [0.1, 0.15) is 5.71 Å². The number of rotatable bonds is 5. The Labute approximate surface area is 189 Å². The molecule has 1 amide bonds. The Bertz CT molecular complexity index is 1170. The van der Waals surface area contributed by atoms with Crippen molar-refractivity contribution in [2.75, 3.05) is 20.6 Å². The maximum Gasteiger partial charge on any atom is 0.270 e. The summed E-state index contributed by atoms with van der Waals surface area (Å²) in [5, 5.41) is 3.24. The maximum absolute atomic E-state index is 13.2. The molecular weight excluding hydrogens is 396 g/mol. The molecule has 2 heterocycles. The van der Waals surface area contributed by atoms with E-state index in [0.717, 1.165) is 48.1 Å². The van der Waals surface area contributed by atoms with E-state index in [9.17, 15) is 4.79 Å². The van der Waals surface area contributed by atoms with Gasteiger partial charge in [0.15, 0.2) is 0 Å². The highest BCUT2D eigenvalue weighted by molar-refractivity contribution is 6.46. The second-order valence-corrected chi connectivity index (χ2v) is 9.02. The van der Waals surface area contributed by atoms with Gasteiger partial charge in [-0.1, -0.05) is 36.4 Å². The van der Waals surface area contributed by atoms with Crippen molar-refractivity contribution in [3.63, 3.8) is 0 Å². The van der Waals surface area contributed by atoms with Crippen molar-refractivity contribution in [2.24, 2.45) is 4.99 Å². The average molecular weight is 425 g/mol. The second kappa shape index (κ2) is 8.67. The number of benzene rings is 2. The van der Waals surface area contributed by atoms with Gasteiger partial charge in [0.25, 0.3) is 5.91 Å². The minimum Gasteiger partial charge on any atom is -0.347 e. The normalized spacial score (nSPS) is 15.3. The first-order chi connectivity index (χ1) is 15.6. The van der Waals surface area contributed by atoms with Crippen molar-refractivity contribution in [1.82, 2.24) is 15.2 Å². The molecule has 0 saturated carbocycles. The summed E-state index contributed by atoms with van der Waals surface area (Å²) in [5.74, 6) is -0.0691. The van der Waals surface area contributed by atoms with Gasteiger partial charge in [0.2, 0.25) is 0 Å². The van der Waals surface area contributed by atoms with Gasteiger partial charge in [-0.25, -0.2) is 0 Å². The third-order valence-electron chi connectivity index (χ3n) is 6.24. The first-order valence-corrected chi connectivity index (χ1v) is 11.2. The van der Waals surface area contributed by atoms with Crippen molar-refractivity contribution in [3.8, 4) is 11.1 Å². The van der Waals surface area contributed by atoms with E-state index < -0.39 is 0 Å². The van der Waals surface area contributed by atoms with Crippen molar-refractivity contribution >= 4 is 11.6 Å². The average Bonchev–Trinajstić information content (AvgIpc) is 3.20. The van der Waals surface area contributed by atoms with Gasteiger partial charge >= 0.3 is 0 Å². The van der Waals surface area contributed by atoms with Crippen LogP contribution in [-0.4, -0.2) is 48.2 Å². The van der Waals surface area contributed by atoms with Crippen LogP contribution in [0.15, 0.2) is 65.9 Å². The van der Waals surface area contributed by atoms with Crippen molar-refractivity contribution in [2.45, 2.75) is 31.8 Å². The summed E-state index contributed by atoms with van der Waals surface area (Å²) in [4.78, 5) is 24.4. The number of hydrogen-bond donors (Lipinski definition) is 1. The van der Waals surface area contributed by atoms with E-state index in [1.54, 1.807) is 0 Å². The molecule has 3 aromatic rings. The molecule has 32 heavy (non-hydrogen) atoms. The van der Waals surface area contributed by atoms with Gasteiger partial charge in [-0.05, 0) is 73.3 Å². The minimum absolute atomic E-state index is 0.0691. The van der Waals surface area contributed by atoms with E-state index in [1.165, 1.54) is 16.7 Å². The third kappa shape index (κ3) is 4.21. The number of pyridine rings is 1. The number of carbonyl (C=O) groups excluding carboxylic acids is 1. The Balaban J connectivity index is 1.38. The fraction of sp³-hybridized carbons (Fsp3) is 0.296. The minimum atomic E-state index is -0.0691. The van der Waals surface area contributed by atoms with E-state index in [0.29, 0.717) is 12.3 Å². The number of nitrogens with one attached hydrogen (secondary N) is 1. The lowest BCUT2D eigenvalue weighted by Gasteiger charge is -2.20. The number of fused-ring (bicyclic) bond motifs is 2. The summed E-state index contributed by atoms with van der Waals surface area (Å²) in [6.45, 7) is 1.49. The van der Waals surface area contributed by atoms with Crippen LogP contribution in [0.5, 0.6) is 0 Å². The lowest BCUT2D eigenvalue weighted by Crippen LogP contribution is -2.41. The predicted molar refractivity (Wildman–Crippen MR) is 128 cm³/mol. The maximum atomic E-state index is 13.2. The Morgan fingerprint density at radius 1 is 1.00 bits per heavy atom. The van der Waals surface area contributed by atoms with Gasteiger partial charge in [-0.3, -0.25) is 14.8 Å². The molecule has 1 aromatic heterocycles. The van der Waals surface area contributed by atoms with E-state index in [-0.39, 0.29) is 11.9 Å². The van der Waals surface area contributed by atoms with E-state index in [4.69, 9.17) is 0 Å². The molecule has 0 radical (unpaired) electrons. The highest BCUT2D eigenvalue weighted by atomic mass is 16.2. The number of aromatic nitrogens is 1. The van der Waals surface area contributed by atoms with Crippen LogP contribution in [0, 0.1) is 0 Å². The summed E-state index contributed by atoms with van der Waals surface area (Å²) in [6, 6.07) is 17.1. The number of hydrogen-bond acceptors (Lipinski definition) is 4. The Morgan fingerprint density at radius 3 is 2.53 bits per heavy atom. The summed E-state index contributed by atoms with van der Waals surface area (Å²) in [7, 11) is 4.10. The number of nitrogens with zero attached hydrogens (tertiary/aromatic N) is 3. The number of amides is 1. The number of aliphatic imine (C=N–C) groups is 1. The fourth-order valence-electron chi connectivity index (χ4n) is 4.77. The summed E-state index contributed by atoms with van der Waals surface area (Å²) in [5.41, 5.74) is 8.63. The fourth-order valence-corrected chi connectivity index (χ4v) is 4.77. The predicted octanol–water partition coefficient (Wildman–Crippen LogP) is 3.44. The van der Waals surface area contributed by atoms with Gasteiger partial charge in [0.05, 0.1) is 0 Å².